The van der Waals surface area contributed by atoms with Crippen LogP contribution in [-0.4, -0.2) is 24.9 Å². The predicted molar refractivity (Wildman–Crippen MR) is 289 cm³/mol. The molecule has 3 heterocycles. The standard InChI is InChI=1S/C65H41N5O/c1-5-17-42(18-6-1)52-37-53(43-19-7-2-8-20-43)39-54(38-52)58-41-57(66-62(67-58)45-22-9-3-10-23-45)49-28-15-26-47(35-49)48-27-16-29-50(36-48)64-68-63(46-24-11-4-12-25-46)69-65(70-64)51-32-33-59-56(40-51)61-55-30-14-13-21-44(55)31-34-60(61)71-59/h1-41H. The summed E-state index contributed by atoms with van der Waals surface area (Å²) in [5, 5.41) is 4.40. The van der Waals surface area contributed by atoms with Crippen molar-refractivity contribution in [1.82, 2.24) is 24.9 Å². The van der Waals surface area contributed by atoms with E-state index in [2.05, 4.69) is 188 Å². The van der Waals surface area contributed by atoms with Crippen molar-refractivity contribution in [2.24, 2.45) is 0 Å². The largest absolute Gasteiger partial charge is 0.456 e. The van der Waals surface area contributed by atoms with Crippen LogP contribution in [0.5, 0.6) is 0 Å². The van der Waals surface area contributed by atoms with E-state index in [1.807, 2.05) is 60.7 Å². The third-order valence-corrected chi connectivity index (χ3v) is 13.1. The Kier molecular flexibility index (Phi) is 10.4. The Morgan fingerprint density at radius 3 is 1.27 bits per heavy atom. The first-order valence-electron chi connectivity index (χ1n) is 23.7. The second-order valence-corrected chi connectivity index (χ2v) is 17.7. The number of hydrogen-bond donors (Lipinski definition) is 0. The maximum absolute atomic E-state index is 6.36. The average Bonchev–Trinajstić information content (AvgIpc) is 3.84. The van der Waals surface area contributed by atoms with Gasteiger partial charge in [-0.1, -0.05) is 188 Å². The normalized spacial score (nSPS) is 11.4. The van der Waals surface area contributed by atoms with Crippen LogP contribution in [0.15, 0.2) is 253 Å². The van der Waals surface area contributed by atoms with Crippen LogP contribution < -0.4 is 0 Å². The van der Waals surface area contributed by atoms with Gasteiger partial charge in [0, 0.05) is 44.2 Å². The predicted octanol–water partition coefficient (Wildman–Crippen LogP) is 16.7. The van der Waals surface area contributed by atoms with E-state index in [0.29, 0.717) is 23.3 Å². The highest BCUT2D eigenvalue weighted by atomic mass is 16.3. The number of nitrogens with zero attached hydrogens (tertiary/aromatic N) is 5. The van der Waals surface area contributed by atoms with E-state index in [-0.39, 0.29) is 0 Å². The topological polar surface area (TPSA) is 77.6 Å². The quantitative estimate of drug-likeness (QED) is 0.144. The highest BCUT2D eigenvalue weighted by Gasteiger charge is 2.18. The molecule has 0 fully saturated rings. The molecule has 332 valence electrons. The van der Waals surface area contributed by atoms with Crippen molar-refractivity contribution < 1.29 is 4.42 Å². The Hall–Kier alpha value is -9.65. The van der Waals surface area contributed by atoms with Gasteiger partial charge in [-0.3, -0.25) is 0 Å². The Morgan fingerprint density at radius 1 is 0.225 bits per heavy atom. The molecule has 0 amide bonds. The second-order valence-electron chi connectivity index (χ2n) is 17.7. The molecular formula is C65H41N5O. The van der Waals surface area contributed by atoms with Crippen LogP contribution >= 0.6 is 0 Å². The van der Waals surface area contributed by atoms with Crippen LogP contribution in [0.4, 0.5) is 0 Å². The highest BCUT2D eigenvalue weighted by molar-refractivity contribution is 6.19. The average molecular weight is 908 g/mol. The van der Waals surface area contributed by atoms with Gasteiger partial charge in [-0.05, 0) is 105 Å². The van der Waals surface area contributed by atoms with E-state index in [1.165, 1.54) is 0 Å². The van der Waals surface area contributed by atoms with Gasteiger partial charge in [-0.25, -0.2) is 24.9 Å². The molecule has 0 saturated heterocycles. The summed E-state index contributed by atoms with van der Waals surface area (Å²) in [4.78, 5) is 25.9. The Balaban J connectivity index is 0.913. The lowest BCUT2D eigenvalue weighted by Gasteiger charge is -2.14. The summed E-state index contributed by atoms with van der Waals surface area (Å²) < 4.78 is 6.36. The minimum atomic E-state index is 0.579. The second kappa shape index (κ2) is 17.8. The summed E-state index contributed by atoms with van der Waals surface area (Å²) in [7, 11) is 0. The van der Waals surface area contributed by atoms with E-state index >= 15 is 0 Å². The van der Waals surface area contributed by atoms with Crippen LogP contribution in [0.25, 0.3) is 134 Å². The van der Waals surface area contributed by atoms with Crippen molar-refractivity contribution in [2.45, 2.75) is 0 Å². The maximum Gasteiger partial charge on any atom is 0.164 e. The summed E-state index contributed by atoms with van der Waals surface area (Å²) in [6.07, 6.45) is 0. The SMILES string of the molecule is c1ccc(-c2cc(-c3ccccc3)cc(-c3cc(-c4cccc(-c5cccc(-c6nc(-c7ccccc7)nc(-c7ccc8oc9ccc%10ccccc%10c9c8c7)n6)c5)c4)nc(-c4ccccc4)n3)c2)cc1. The van der Waals surface area contributed by atoms with Crippen LogP contribution in [-0.2, 0) is 0 Å². The fourth-order valence-electron chi connectivity index (χ4n) is 9.56. The molecule has 0 spiro atoms. The molecule has 0 aliphatic heterocycles. The molecule has 71 heavy (non-hydrogen) atoms. The van der Waals surface area contributed by atoms with Crippen molar-refractivity contribution in [3.63, 3.8) is 0 Å². The van der Waals surface area contributed by atoms with Gasteiger partial charge in [0.05, 0.1) is 11.4 Å². The lowest BCUT2D eigenvalue weighted by Crippen LogP contribution is -2.00. The lowest BCUT2D eigenvalue weighted by atomic mass is 9.94. The molecule has 0 atom stereocenters. The minimum absolute atomic E-state index is 0.579. The zero-order chi connectivity index (χ0) is 47.1. The molecular weight excluding hydrogens is 867 g/mol. The Labute approximate surface area is 410 Å². The fourth-order valence-corrected chi connectivity index (χ4v) is 9.56. The molecule has 0 N–H and O–H groups in total. The third-order valence-electron chi connectivity index (χ3n) is 13.1. The van der Waals surface area contributed by atoms with Crippen LogP contribution in [0.1, 0.15) is 0 Å². The van der Waals surface area contributed by atoms with Crippen LogP contribution in [0.2, 0.25) is 0 Å². The number of hydrogen-bond acceptors (Lipinski definition) is 6. The lowest BCUT2D eigenvalue weighted by molar-refractivity contribution is 0.669. The van der Waals surface area contributed by atoms with Gasteiger partial charge < -0.3 is 4.42 Å². The van der Waals surface area contributed by atoms with Crippen molar-refractivity contribution in [1.29, 1.82) is 0 Å². The molecule has 13 aromatic rings. The van der Waals surface area contributed by atoms with Crippen molar-refractivity contribution >= 4 is 32.7 Å². The van der Waals surface area contributed by atoms with Gasteiger partial charge in [-0.15, -0.1) is 0 Å². The summed E-state index contributed by atoms with van der Waals surface area (Å²) in [5.41, 5.74) is 15.5. The molecule has 10 aromatic carbocycles. The van der Waals surface area contributed by atoms with Gasteiger partial charge in [0.15, 0.2) is 23.3 Å². The number of benzene rings is 10. The number of fused-ring (bicyclic) bond motifs is 5. The van der Waals surface area contributed by atoms with Gasteiger partial charge in [0.25, 0.3) is 0 Å². The molecule has 0 radical (unpaired) electrons. The molecule has 13 rings (SSSR count). The molecule has 6 nitrogen and oxygen atoms in total. The fraction of sp³-hybridized carbons (Fsp3) is 0. The molecule has 0 unspecified atom stereocenters. The smallest absolute Gasteiger partial charge is 0.164 e. The number of furan rings is 1. The zero-order valence-corrected chi connectivity index (χ0v) is 38.3. The first kappa shape index (κ1) is 41.5. The summed E-state index contributed by atoms with van der Waals surface area (Å²) >= 11 is 0. The maximum atomic E-state index is 6.36. The van der Waals surface area contributed by atoms with Gasteiger partial charge in [0.2, 0.25) is 0 Å². The third kappa shape index (κ3) is 8.09. The zero-order valence-electron chi connectivity index (χ0n) is 38.3. The first-order chi connectivity index (χ1) is 35.1. The van der Waals surface area contributed by atoms with Gasteiger partial charge >= 0.3 is 0 Å². The summed E-state index contributed by atoms with van der Waals surface area (Å²) in [6, 6.07) is 86.0. The number of aromatic nitrogens is 5. The van der Waals surface area contributed by atoms with Crippen LogP contribution in [0, 0.1) is 0 Å². The van der Waals surface area contributed by atoms with E-state index in [4.69, 9.17) is 29.3 Å². The number of rotatable bonds is 9. The van der Waals surface area contributed by atoms with Crippen molar-refractivity contribution in [2.75, 3.05) is 0 Å². The summed E-state index contributed by atoms with van der Waals surface area (Å²) in [5.74, 6) is 2.41. The molecule has 0 aliphatic carbocycles. The van der Waals surface area contributed by atoms with E-state index < -0.39 is 0 Å². The van der Waals surface area contributed by atoms with Crippen molar-refractivity contribution in [3.8, 4) is 101 Å². The van der Waals surface area contributed by atoms with E-state index in [0.717, 1.165) is 111 Å². The molecule has 6 heteroatoms. The minimum Gasteiger partial charge on any atom is -0.456 e. The van der Waals surface area contributed by atoms with Crippen LogP contribution in [0.3, 0.4) is 0 Å². The molecule has 0 saturated carbocycles. The van der Waals surface area contributed by atoms with E-state index in [1.54, 1.807) is 0 Å². The van der Waals surface area contributed by atoms with E-state index in [9.17, 15) is 0 Å². The Bertz CT molecular complexity index is 4040. The van der Waals surface area contributed by atoms with Gasteiger partial charge in [0.1, 0.15) is 11.2 Å². The monoisotopic (exact) mass is 907 g/mol. The summed E-state index contributed by atoms with van der Waals surface area (Å²) in [6.45, 7) is 0. The molecule has 0 bridgehead atoms. The van der Waals surface area contributed by atoms with Gasteiger partial charge in [-0.2, -0.15) is 0 Å². The highest BCUT2D eigenvalue weighted by Crippen LogP contribution is 2.39. The Morgan fingerprint density at radius 2 is 0.648 bits per heavy atom. The molecule has 0 aliphatic rings. The van der Waals surface area contributed by atoms with Crippen molar-refractivity contribution in [3.05, 3.63) is 249 Å². The first-order valence-corrected chi connectivity index (χ1v) is 23.7. The molecule has 3 aromatic heterocycles.